The van der Waals surface area contributed by atoms with Crippen molar-refractivity contribution in [3.63, 3.8) is 0 Å². The van der Waals surface area contributed by atoms with Gasteiger partial charge < -0.3 is 4.74 Å². The molecule has 0 bridgehead atoms. The van der Waals surface area contributed by atoms with Crippen LogP contribution in [-0.2, 0) is 9.84 Å². The van der Waals surface area contributed by atoms with Crippen molar-refractivity contribution >= 4 is 0 Å². The van der Waals surface area contributed by atoms with Crippen LogP contribution in [0.4, 0.5) is 0 Å². The normalized spacial score (nSPS) is 10.9. The monoisotopic (exact) mass is 229 g/mol. The summed E-state index contributed by atoms with van der Waals surface area (Å²) in [6.07, 6.45) is 12.1. The fourth-order valence-electron chi connectivity index (χ4n) is 1.72. The topological polar surface area (TPSA) is 29.1 Å². The molecular weight excluding hydrogens is 200 g/mol. The van der Waals surface area contributed by atoms with E-state index in [2.05, 4.69) is 6.92 Å². The second kappa shape index (κ2) is 14.9. The molecule has 0 atom stereocenters. The predicted octanol–water partition coefficient (Wildman–Crippen LogP) is 4.35. The Kier molecular flexibility index (Phi) is 14.8. The van der Waals surface area contributed by atoms with Gasteiger partial charge in [-0.2, -0.15) is 0 Å². The van der Waals surface area contributed by atoms with E-state index in [1.807, 2.05) is 0 Å². The van der Waals surface area contributed by atoms with Gasteiger partial charge in [0.15, 0.2) is 0 Å². The van der Waals surface area contributed by atoms with Gasteiger partial charge in [-0.25, -0.2) is 5.11 Å². The third-order valence-electron chi connectivity index (χ3n) is 2.83. The molecule has 2 heteroatoms. The molecule has 2 nitrogen and oxygen atoms in total. The fourth-order valence-corrected chi connectivity index (χ4v) is 1.72. The van der Waals surface area contributed by atoms with Gasteiger partial charge in [-0.1, -0.05) is 51.9 Å². The Bertz CT molecular complexity index is 101. The lowest BCUT2D eigenvalue weighted by Gasteiger charge is -2.03. The van der Waals surface area contributed by atoms with Crippen LogP contribution in [0.3, 0.4) is 0 Å². The van der Waals surface area contributed by atoms with Crippen LogP contribution in [0.5, 0.6) is 0 Å². The summed E-state index contributed by atoms with van der Waals surface area (Å²) < 4.78 is 5.50. The summed E-state index contributed by atoms with van der Waals surface area (Å²) >= 11 is 0. The predicted molar refractivity (Wildman–Crippen MR) is 68.2 cm³/mol. The number of hydrogen-bond acceptors (Lipinski definition) is 1. The molecule has 0 saturated heterocycles. The average molecular weight is 229 g/mol. The molecule has 0 heterocycles. The highest BCUT2D eigenvalue weighted by molar-refractivity contribution is 4.46. The average Bonchev–Trinajstić information content (AvgIpc) is 2.31. The molecule has 1 radical (unpaired) electrons. The molecule has 0 aromatic carbocycles. The fraction of sp³-hybridized carbons (Fsp3) is 1.00. The first-order chi connectivity index (χ1) is 7.91. The first kappa shape index (κ1) is 15.9. The van der Waals surface area contributed by atoms with E-state index in [1.165, 1.54) is 51.4 Å². The summed E-state index contributed by atoms with van der Waals surface area (Å²) in [6.45, 7) is 4.17. The van der Waals surface area contributed by atoms with Gasteiger partial charge in [0.2, 0.25) is 0 Å². The molecular formula is C14H29O2. The summed E-state index contributed by atoms with van der Waals surface area (Å²) in [5, 5.41) is 10.2. The van der Waals surface area contributed by atoms with E-state index >= 15 is 0 Å². The number of unbranched alkanes of at least 4 members (excludes halogenated alkanes) is 8. The van der Waals surface area contributed by atoms with Gasteiger partial charge in [0.25, 0.3) is 0 Å². The molecule has 0 aromatic rings. The second-order valence-electron chi connectivity index (χ2n) is 4.50. The minimum atomic E-state index is 0.106. The van der Waals surface area contributed by atoms with Gasteiger partial charge in [-0.05, 0) is 19.3 Å². The van der Waals surface area contributed by atoms with Crippen molar-refractivity contribution in [2.45, 2.75) is 71.1 Å². The van der Waals surface area contributed by atoms with Gasteiger partial charge in [-0.15, -0.1) is 0 Å². The summed E-state index contributed by atoms with van der Waals surface area (Å²) in [5.41, 5.74) is 0. The van der Waals surface area contributed by atoms with Crippen LogP contribution in [0.25, 0.3) is 0 Å². The molecule has 0 aliphatic carbocycles. The standard InChI is InChI=1S/C14H29O2/c1-2-3-13-16-14-11-9-7-5-4-6-8-10-12-15/h2-14H2,1H3. The highest BCUT2D eigenvalue weighted by Crippen LogP contribution is 2.08. The van der Waals surface area contributed by atoms with Crippen molar-refractivity contribution < 1.29 is 9.84 Å². The zero-order valence-electron chi connectivity index (χ0n) is 11.0. The summed E-state index contributed by atoms with van der Waals surface area (Å²) in [7, 11) is 0. The van der Waals surface area contributed by atoms with Crippen LogP contribution in [0.1, 0.15) is 71.1 Å². The molecule has 0 aliphatic heterocycles. The number of hydrogen-bond donors (Lipinski definition) is 0. The molecule has 0 rings (SSSR count). The molecule has 97 valence electrons. The van der Waals surface area contributed by atoms with E-state index < -0.39 is 0 Å². The Morgan fingerprint density at radius 1 is 0.688 bits per heavy atom. The molecule has 0 spiro atoms. The van der Waals surface area contributed by atoms with Crippen LogP contribution in [0.15, 0.2) is 0 Å². The van der Waals surface area contributed by atoms with Crippen molar-refractivity contribution in [1.29, 1.82) is 0 Å². The second-order valence-corrected chi connectivity index (χ2v) is 4.50. The summed E-state index contributed by atoms with van der Waals surface area (Å²) in [6, 6.07) is 0. The number of ether oxygens (including phenoxy) is 1. The maximum atomic E-state index is 10.2. The van der Waals surface area contributed by atoms with E-state index in [9.17, 15) is 5.11 Å². The van der Waals surface area contributed by atoms with Gasteiger partial charge in [0.1, 0.15) is 0 Å². The Morgan fingerprint density at radius 3 is 1.75 bits per heavy atom. The van der Waals surface area contributed by atoms with E-state index in [-0.39, 0.29) is 6.61 Å². The summed E-state index contributed by atoms with van der Waals surface area (Å²) in [5.74, 6) is 0. The molecule has 0 N–H and O–H groups in total. The summed E-state index contributed by atoms with van der Waals surface area (Å²) in [4.78, 5) is 0. The van der Waals surface area contributed by atoms with Crippen LogP contribution in [0, 0.1) is 0 Å². The van der Waals surface area contributed by atoms with Crippen LogP contribution in [0.2, 0.25) is 0 Å². The van der Waals surface area contributed by atoms with Crippen LogP contribution >= 0.6 is 0 Å². The molecule has 16 heavy (non-hydrogen) atoms. The Hall–Kier alpha value is -0.0800. The van der Waals surface area contributed by atoms with Crippen LogP contribution < -0.4 is 0 Å². The largest absolute Gasteiger partial charge is 0.381 e. The lowest BCUT2D eigenvalue weighted by Crippen LogP contribution is -1.96. The van der Waals surface area contributed by atoms with E-state index in [0.29, 0.717) is 0 Å². The van der Waals surface area contributed by atoms with Gasteiger partial charge in [0.05, 0.1) is 6.61 Å². The van der Waals surface area contributed by atoms with Crippen molar-refractivity contribution in [2.24, 2.45) is 0 Å². The Labute approximate surface area is 101 Å². The minimum absolute atomic E-state index is 0.106. The Balaban J connectivity index is 2.83. The Morgan fingerprint density at radius 2 is 1.19 bits per heavy atom. The first-order valence-corrected chi connectivity index (χ1v) is 7.07. The maximum absolute atomic E-state index is 10.2. The third kappa shape index (κ3) is 13.9. The van der Waals surface area contributed by atoms with Gasteiger partial charge in [0, 0.05) is 13.2 Å². The van der Waals surface area contributed by atoms with Gasteiger partial charge in [-0.3, -0.25) is 0 Å². The molecule has 0 fully saturated rings. The van der Waals surface area contributed by atoms with E-state index in [4.69, 9.17) is 4.74 Å². The minimum Gasteiger partial charge on any atom is -0.381 e. The highest BCUT2D eigenvalue weighted by atomic mass is 16.5. The van der Waals surface area contributed by atoms with Crippen molar-refractivity contribution in [3.8, 4) is 0 Å². The molecule has 0 amide bonds. The van der Waals surface area contributed by atoms with Crippen LogP contribution in [-0.4, -0.2) is 19.8 Å². The van der Waals surface area contributed by atoms with Gasteiger partial charge >= 0.3 is 0 Å². The van der Waals surface area contributed by atoms with Crippen molar-refractivity contribution in [1.82, 2.24) is 0 Å². The molecule has 0 unspecified atom stereocenters. The lowest BCUT2D eigenvalue weighted by molar-refractivity contribution is 0.127. The third-order valence-corrected chi connectivity index (χ3v) is 2.83. The molecule has 0 aliphatic rings. The van der Waals surface area contributed by atoms with E-state index in [0.717, 1.165) is 26.1 Å². The smallest absolute Gasteiger partial charge is 0.0822 e. The molecule has 0 aromatic heterocycles. The first-order valence-electron chi connectivity index (χ1n) is 7.07. The quantitative estimate of drug-likeness (QED) is 0.432. The maximum Gasteiger partial charge on any atom is 0.0822 e. The van der Waals surface area contributed by atoms with Crippen molar-refractivity contribution in [2.75, 3.05) is 19.8 Å². The van der Waals surface area contributed by atoms with Crippen molar-refractivity contribution in [3.05, 3.63) is 0 Å². The van der Waals surface area contributed by atoms with E-state index in [1.54, 1.807) is 0 Å². The zero-order chi connectivity index (χ0) is 11.9. The SMILES string of the molecule is CCCCOCCCCCCCCCC[O]. The molecule has 0 saturated carbocycles. The zero-order valence-corrected chi connectivity index (χ0v) is 11.0. The lowest BCUT2D eigenvalue weighted by atomic mass is 10.1. The highest BCUT2D eigenvalue weighted by Gasteiger charge is 1.92. The number of rotatable bonds is 13.